The van der Waals surface area contributed by atoms with Crippen LogP contribution in [-0.2, 0) is 6.42 Å². The third kappa shape index (κ3) is 6.46. The normalized spacial score (nSPS) is 12.5. The van der Waals surface area contributed by atoms with Gasteiger partial charge < -0.3 is 5.32 Å². The Hall–Kier alpha value is -0.120. The molecule has 1 N–H and O–H groups in total. The van der Waals surface area contributed by atoms with E-state index in [1.54, 1.807) is 11.3 Å². The SMILES string of the molecule is CC(C)(C)NCCC=CCc1cc(Br)cs1. The Labute approximate surface area is 111 Å². The van der Waals surface area contributed by atoms with Crippen molar-refractivity contribution in [2.45, 2.75) is 39.2 Å². The first-order valence-corrected chi connectivity index (χ1v) is 7.27. The van der Waals surface area contributed by atoms with Gasteiger partial charge in [-0.1, -0.05) is 12.2 Å². The van der Waals surface area contributed by atoms with Gasteiger partial charge in [-0.3, -0.25) is 0 Å². The van der Waals surface area contributed by atoms with Crippen molar-refractivity contribution in [3.05, 3.63) is 32.9 Å². The summed E-state index contributed by atoms with van der Waals surface area (Å²) < 4.78 is 1.19. The third-order valence-corrected chi connectivity index (χ3v) is 3.79. The van der Waals surface area contributed by atoms with Gasteiger partial charge in [0.05, 0.1) is 0 Å². The van der Waals surface area contributed by atoms with Crippen LogP contribution in [0.5, 0.6) is 0 Å². The van der Waals surface area contributed by atoms with Crippen LogP contribution in [0.2, 0.25) is 0 Å². The van der Waals surface area contributed by atoms with Gasteiger partial charge in [-0.15, -0.1) is 11.3 Å². The Bertz CT molecular complexity index is 336. The van der Waals surface area contributed by atoms with E-state index in [1.807, 2.05) is 0 Å². The summed E-state index contributed by atoms with van der Waals surface area (Å²) in [5.41, 5.74) is 0.229. The fourth-order valence-electron chi connectivity index (χ4n) is 1.31. The van der Waals surface area contributed by atoms with E-state index in [4.69, 9.17) is 0 Å². The van der Waals surface area contributed by atoms with E-state index in [2.05, 4.69) is 65.6 Å². The Balaban J connectivity index is 2.14. The predicted octanol–water partition coefficient (Wildman–Crippen LogP) is 4.39. The molecule has 1 aromatic rings. The lowest BCUT2D eigenvalue weighted by Gasteiger charge is -2.19. The molecule has 1 aromatic heterocycles. The Morgan fingerprint density at radius 2 is 2.12 bits per heavy atom. The molecule has 0 spiro atoms. The molecule has 1 heterocycles. The molecule has 0 saturated carbocycles. The van der Waals surface area contributed by atoms with Crippen LogP contribution in [0.3, 0.4) is 0 Å². The highest BCUT2D eigenvalue weighted by Crippen LogP contribution is 2.20. The van der Waals surface area contributed by atoms with Gasteiger partial charge in [-0.25, -0.2) is 0 Å². The lowest BCUT2D eigenvalue weighted by molar-refractivity contribution is 0.431. The minimum Gasteiger partial charge on any atom is -0.312 e. The molecule has 0 amide bonds. The summed E-state index contributed by atoms with van der Waals surface area (Å²) in [6, 6.07) is 2.18. The molecule has 0 aliphatic heterocycles. The van der Waals surface area contributed by atoms with E-state index < -0.39 is 0 Å². The van der Waals surface area contributed by atoms with Crippen LogP contribution in [0.1, 0.15) is 32.1 Å². The van der Waals surface area contributed by atoms with Gasteiger partial charge in [0.25, 0.3) is 0 Å². The summed E-state index contributed by atoms with van der Waals surface area (Å²) in [4.78, 5) is 1.41. The van der Waals surface area contributed by atoms with Crippen LogP contribution in [0.4, 0.5) is 0 Å². The highest BCUT2D eigenvalue weighted by molar-refractivity contribution is 9.10. The van der Waals surface area contributed by atoms with Crippen LogP contribution in [0.25, 0.3) is 0 Å². The van der Waals surface area contributed by atoms with Crippen molar-refractivity contribution in [3.8, 4) is 0 Å². The zero-order valence-electron chi connectivity index (χ0n) is 10.2. The number of rotatable bonds is 5. The van der Waals surface area contributed by atoms with Crippen molar-refractivity contribution in [2.24, 2.45) is 0 Å². The maximum atomic E-state index is 3.47. The topological polar surface area (TPSA) is 12.0 Å². The van der Waals surface area contributed by atoms with E-state index in [1.165, 1.54) is 9.35 Å². The molecule has 0 fully saturated rings. The minimum absolute atomic E-state index is 0.229. The first-order chi connectivity index (χ1) is 7.47. The Kier molecular flexibility index (Phi) is 5.73. The lowest BCUT2D eigenvalue weighted by Crippen LogP contribution is -2.36. The Morgan fingerprint density at radius 1 is 1.38 bits per heavy atom. The summed E-state index contributed by atoms with van der Waals surface area (Å²) in [7, 11) is 0. The lowest BCUT2D eigenvalue weighted by atomic mass is 10.1. The van der Waals surface area contributed by atoms with Gasteiger partial charge in [0.1, 0.15) is 0 Å². The fourth-order valence-corrected chi connectivity index (χ4v) is 2.74. The molecular weight excluding hydrogens is 282 g/mol. The summed E-state index contributed by atoms with van der Waals surface area (Å²) >= 11 is 5.27. The quantitative estimate of drug-likeness (QED) is 0.628. The third-order valence-electron chi connectivity index (χ3n) is 2.07. The van der Waals surface area contributed by atoms with Crippen molar-refractivity contribution in [1.29, 1.82) is 0 Å². The molecule has 0 atom stereocenters. The monoisotopic (exact) mass is 301 g/mol. The highest BCUT2D eigenvalue weighted by Gasteiger charge is 2.06. The summed E-state index contributed by atoms with van der Waals surface area (Å²) in [6.07, 6.45) is 6.66. The molecule has 16 heavy (non-hydrogen) atoms. The number of thiophene rings is 1. The van der Waals surface area contributed by atoms with E-state index >= 15 is 0 Å². The molecule has 0 bridgehead atoms. The van der Waals surface area contributed by atoms with Crippen molar-refractivity contribution >= 4 is 27.3 Å². The number of hydrogen-bond donors (Lipinski definition) is 1. The molecule has 1 rings (SSSR count). The molecule has 0 aromatic carbocycles. The molecule has 0 aliphatic carbocycles. The first-order valence-electron chi connectivity index (χ1n) is 5.60. The average molecular weight is 302 g/mol. The maximum Gasteiger partial charge on any atom is 0.0285 e. The van der Waals surface area contributed by atoms with Crippen LogP contribution >= 0.6 is 27.3 Å². The predicted molar refractivity (Wildman–Crippen MR) is 77.2 cm³/mol. The number of nitrogens with one attached hydrogen (secondary N) is 1. The number of hydrogen-bond acceptors (Lipinski definition) is 2. The van der Waals surface area contributed by atoms with Crippen LogP contribution < -0.4 is 5.32 Å². The minimum atomic E-state index is 0.229. The smallest absolute Gasteiger partial charge is 0.0285 e. The van der Waals surface area contributed by atoms with Crippen LogP contribution in [-0.4, -0.2) is 12.1 Å². The summed E-state index contributed by atoms with van der Waals surface area (Å²) in [5.74, 6) is 0. The standard InChI is InChI=1S/C13H20BrNS/c1-13(2,3)15-8-6-4-5-7-12-9-11(14)10-16-12/h4-5,9-10,15H,6-8H2,1-3H3. The molecular formula is C13H20BrNS. The van der Waals surface area contributed by atoms with E-state index in [0.29, 0.717) is 0 Å². The molecule has 0 radical (unpaired) electrons. The molecule has 3 heteroatoms. The molecule has 1 nitrogen and oxygen atoms in total. The zero-order valence-corrected chi connectivity index (χ0v) is 12.6. The van der Waals surface area contributed by atoms with Crippen molar-refractivity contribution < 1.29 is 0 Å². The van der Waals surface area contributed by atoms with Crippen molar-refractivity contribution in [2.75, 3.05) is 6.54 Å². The second kappa shape index (κ2) is 6.58. The molecule has 0 aliphatic rings. The van der Waals surface area contributed by atoms with Crippen LogP contribution in [0.15, 0.2) is 28.1 Å². The maximum absolute atomic E-state index is 3.47. The van der Waals surface area contributed by atoms with Gasteiger partial charge in [0, 0.05) is 20.3 Å². The second-order valence-corrected chi connectivity index (χ2v) is 6.78. The van der Waals surface area contributed by atoms with Gasteiger partial charge in [-0.2, -0.15) is 0 Å². The average Bonchev–Trinajstić information content (AvgIpc) is 2.56. The van der Waals surface area contributed by atoms with Gasteiger partial charge in [-0.05, 0) is 62.2 Å². The largest absolute Gasteiger partial charge is 0.312 e. The van der Waals surface area contributed by atoms with Crippen LogP contribution in [0, 0.1) is 0 Å². The Morgan fingerprint density at radius 3 is 2.69 bits per heavy atom. The van der Waals surface area contributed by atoms with E-state index in [9.17, 15) is 0 Å². The zero-order chi connectivity index (χ0) is 12.0. The van der Waals surface area contributed by atoms with Crippen molar-refractivity contribution in [1.82, 2.24) is 5.32 Å². The highest BCUT2D eigenvalue weighted by atomic mass is 79.9. The second-order valence-electron chi connectivity index (χ2n) is 4.87. The van der Waals surface area contributed by atoms with Gasteiger partial charge in [0.2, 0.25) is 0 Å². The summed E-state index contributed by atoms with van der Waals surface area (Å²) in [6.45, 7) is 7.63. The van der Waals surface area contributed by atoms with E-state index in [-0.39, 0.29) is 5.54 Å². The molecule has 90 valence electrons. The molecule has 0 unspecified atom stereocenters. The number of allylic oxidation sites excluding steroid dienone is 1. The number of halogens is 1. The van der Waals surface area contributed by atoms with Crippen molar-refractivity contribution in [3.63, 3.8) is 0 Å². The van der Waals surface area contributed by atoms with E-state index in [0.717, 1.165) is 19.4 Å². The fraction of sp³-hybridized carbons (Fsp3) is 0.538. The first kappa shape index (κ1) is 13.9. The molecule has 0 saturated heterocycles. The van der Waals surface area contributed by atoms with Gasteiger partial charge >= 0.3 is 0 Å². The summed E-state index contributed by atoms with van der Waals surface area (Å²) in [5, 5.41) is 5.60. The van der Waals surface area contributed by atoms with Gasteiger partial charge in [0.15, 0.2) is 0 Å².